The minimum atomic E-state index is -0.576. The summed E-state index contributed by atoms with van der Waals surface area (Å²) in [6, 6.07) is 7.82. The Labute approximate surface area is 159 Å². The number of nitro groups is 1. The summed E-state index contributed by atoms with van der Waals surface area (Å²) in [5, 5.41) is 13.4. The van der Waals surface area contributed by atoms with Gasteiger partial charge in [0, 0.05) is 31.1 Å². The van der Waals surface area contributed by atoms with Crippen molar-refractivity contribution in [3.05, 3.63) is 76.6 Å². The first-order valence-corrected chi connectivity index (χ1v) is 8.24. The number of hydrogen-bond donors (Lipinski definition) is 1. The number of carbonyl (C=O) groups is 2. The lowest BCUT2D eigenvalue weighted by atomic mass is 10.1. The minimum Gasteiger partial charge on any atom is -0.323 e. The van der Waals surface area contributed by atoms with Gasteiger partial charge in [-0.1, -0.05) is 12.1 Å². The fourth-order valence-electron chi connectivity index (χ4n) is 2.58. The van der Waals surface area contributed by atoms with Crippen LogP contribution in [0, 0.1) is 10.1 Å². The van der Waals surface area contributed by atoms with Crippen LogP contribution in [-0.4, -0.2) is 37.9 Å². The number of non-ortho nitro benzene ring substituents is 1. The summed E-state index contributed by atoms with van der Waals surface area (Å²) >= 11 is 5.00. The summed E-state index contributed by atoms with van der Waals surface area (Å²) in [5.74, 6) is -1.08. The van der Waals surface area contributed by atoms with E-state index < -0.39 is 16.7 Å². The molecule has 3 rings (SSSR count). The third-order valence-electron chi connectivity index (χ3n) is 3.86. The fourth-order valence-corrected chi connectivity index (χ4v) is 2.83. The number of aromatic nitrogens is 1. The minimum absolute atomic E-state index is 0.0310. The number of nitro benzene ring substituents is 1. The van der Waals surface area contributed by atoms with Crippen molar-refractivity contribution in [3.63, 3.8) is 0 Å². The topological polar surface area (TPSA) is 97.5 Å². The Kier molecular flexibility index (Phi) is 4.95. The van der Waals surface area contributed by atoms with E-state index in [2.05, 4.69) is 11.9 Å². The van der Waals surface area contributed by atoms with Crippen LogP contribution in [0.3, 0.4) is 0 Å². The molecular weight excluding hydrogens is 368 g/mol. The first kappa shape index (κ1) is 18.2. The molecule has 1 N–H and O–H groups in total. The van der Waals surface area contributed by atoms with E-state index in [0.29, 0.717) is 11.3 Å². The van der Waals surface area contributed by atoms with E-state index in [1.165, 1.54) is 29.2 Å². The van der Waals surface area contributed by atoms with Crippen LogP contribution in [0.25, 0.3) is 11.8 Å². The monoisotopic (exact) mass is 382 g/mol. The van der Waals surface area contributed by atoms with Gasteiger partial charge in [-0.05, 0) is 36.0 Å². The summed E-state index contributed by atoms with van der Waals surface area (Å²) in [5.41, 5.74) is 1.09. The molecule has 1 aromatic heterocycles. The third-order valence-corrected chi connectivity index (χ3v) is 4.19. The molecule has 136 valence electrons. The molecule has 1 aliphatic heterocycles. The molecule has 0 bridgehead atoms. The Bertz CT molecular complexity index is 1010. The van der Waals surface area contributed by atoms with E-state index in [9.17, 15) is 19.7 Å². The molecule has 0 aliphatic carbocycles. The molecule has 0 atom stereocenters. The van der Waals surface area contributed by atoms with Gasteiger partial charge >= 0.3 is 0 Å². The second kappa shape index (κ2) is 7.34. The predicted octanol–water partition coefficient (Wildman–Crippen LogP) is 2.20. The Balaban J connectivity index is 1.92. The van der Waals surface area contributed by atoms with Gasteiger partial charge in [-0.2, -0.15) is 0 Å². The van der Waals surface area contributed by atoms with Crippen LogP contribution < -0.4 is 5.32 Å². The highest BCUT2D eigenvalue weighted by molar-refractivity contribution is 7.80. The van der Waals surface area contributed by atoms with E-state index in [-0.39, 0.29) is 22.9 Å². The van der Waals surface area contributed by atoms with E-state index in [1.807, 2.05) is 0 Å². The Hall–Kier alpha value is -3.59. The highest BCUT2D eigenvalue weighted by atomic mass is 32.1. The number of nitrogens with zero attached hydrogens (tertiary/aromatic N) is 3. The van der Waals surface area contributed by atoms with Crippen molar-refractivity contribution in [1.29, 1.82) is 0 Å². The molecule has 1 aromatic carbocycles. The molecule has 9 heteroatoms. The fraction of sp³-hybridized carbons (Fsp3) is 0.0556. The van der Waals surface area contributed by atoms with E-state index >= 15 is 0 Å². The van der Waals surface area contributed by atoms with Crippen LogP contribution in [0.4, 0.5) is 5.69 Å². The van der Waals surface area contributed by atoms with Crippen molar-refractivity contribution < 1.29 is 14.5 Å². The van der Waals surface area contributed by atoms with E-state index in [0.717, 1.165) is 0 Å². The van der Waals surface area contributed by atoms with Gasteiger partial charge in [-0.3, -0.25) is 29.9 Å². The molecule has 0 saturated carbocycles. The summed E-state index contributed by atoms with van der Waals surface area (Å²) < 4.78 is 1.66. The molecule has 1 aliphatic rings. The van der Waals surface area contributed by atoms with Gasteiger partial charge in [-0.15, -0.1) is 6.58 Å². The number of benzene rings is 1. The second-order valence-corrected chi connectivity index (χ2v) is 6.04. The lowest BCUT2D eigenvalue weighted by Crippen LogP contribution is -2.53. The molecule has 0 unspecified atom stereocenters. The van der Waals surface area contributed by atoms with Gasteiger partial charge in [0.1, 0.15) is 5.57 Å². The van der Waals surface area contributed by atoms with Crippen molar-refractivity contribution in [2.75, 3.05) is 6.54 Å². The maximum Gasteiger partial charge on any atom is 0.271 e. The molecule has 2 aromatic rings. The summed E-state index contributed by atoms with van der Waals surface area (Å²) in [4.78, 5) is 36.3. The lowest BCUT2D eigenvalue weighted by Gasteiger charge is -2.27. The first-order valence-electron chi connectivity index (χ1n) is 7.83. The number of nitrogens with one attached hydrogen (secondary N) is 1. The highest BCUT2D eigenvalue weighted by Crippen LogP contribution is 2.20. The number of hydrogen-bond acceptors (Lipinski definition) is 5. The lowest BCUT2D eigenvalue weighted by molar-refractivity contribution is -0.384. The Morgan fingerprint density at radius 2 is 2.07 bits per heavy atom. The summed E-state index contributed by atoms with van der Waals surface area (Å²) in [6.45, 7) is 3.76. The van der Waals surface area contributed by atoms with Gasteiger partial charge < -0.3 is 4.57 Å². The smallest absolute Gasteiger partial charge is 0.271 e. The molecule has 2 amide bonds. The first-order chi connectivity index (χ1) is 12.9. The molecule has 1 saturated heterocycles. The zero-order valence-electron chi connectivity index (χ0n) is 14.0. The molecule has 1 fully saturated rings. The number of carbonyl (C=O) groups excluding carboxylic acids is 2. The average Bonchev–Trinajstić information content (AvgIpc) is 3.11. The van der Waals surface area contributed by atoms with Gasteiger partial charge in [0.2, 0.25) is 0 Å². The quantitative estimate of drug-likeness (QED) is 0.214. The molecule has 0 radical (unpaired) electrons. The molecule has 2 heterocycles. The average molecular weight is 382 g/mol. The second-order valence-electron chi connectivity index (χ2n) is 5.65. The predicted molar refractivity (Wildman–Crippen MR) is 103 cm³/mol. The third kappa shape index (κ3) is 3.67. The molecule has 8 nitrogen and oxygen atoms in total. The van der Waals surface area contributed by atoms with Crippen molar-refractivity contribution in [1.82, 2.24) is 14.8 Å². The van der Waals surface area contributed by atoms with E-state index in [4.69, 9.17) is 12.2 Å². The zero-order chi connectivity index (χ0) is 19.6. The number of thiocarbonyl (C=S) groups is 1. The van der Waals surface area contributed by atoms with Crippen molar-refractivity contribution in [3.8, 4) is 5.69 Å². The van der Waals surface area contributed by atoms with Crippen LogP contribution in [0.2, 0.25) is 0 Å². The standard InChI is InChI=1S/C18H14N4O4S/c1-2-7-21-17(24)15(16(23)19-18(21)27)9-12-6-8-20(11-12)13-4-3-5-14(10-13)22(25)26/h2-6,8-11H,1,7H2,(H,19,23,27). The van der Waals surface area contributed by atoms with Gasteiger partial charge in [-0.25, -0.2) is 0 Å². The van der Waals surface area contributed by atoms with E-state index in [1.54, 1.807) is 35.2 Å². The van der Waals surface area contributed by atoms with Crippen molar-refractivity contribution >= 4 is 40.9 Å². The Morgan fingerprint density at radius 1 is 1.30 bits per heavy atom. The maximum absolute atomic E-state index is 12.5. The molecule has 27 heavy (non-hydrogen) atoms. The van der Waals surface area contributed by atoms with Gasteiger partial charge in [0.25, 0.3) is 17.5 Å². The van der Waals surface area contributed by atoms with Crippen LogP contribution >= 0.6 is 12.2 Å². The largest absolute Gasteiger partial charge is 0.323 e. The van der Waals surface area contributed by atoms with Crippen molar-refractivity contribution in [2.45, 2.75) is 0 Å². The van der Waals surface area contributed by atoms with Crippen LogP contribution in [-0.2, 0) is 9.59 Å². The van der Waals surface area contributed by atoms with Gasteiger partial charge in [0.15, 0.2) is 5.11 Å². The highest BCUT2D eigenvalue weighted by Gasteiger charge is 2.32. The number of amides is 2. The van der Waals surface area contributed by atoms with Crippen LogP contribution in [0.1, 0.15) is 5.56 Å². The number of rotatable bonds is 5. The summed E-state index contributed by atoms with van der Waals surface area (Å²) in [7, 11) is 0. The maximum atomic E-state index is 12.5. The summed E-state index contributed by atoms with van der Waals surface area (Å²) in [6.07, 6.45) is 6.31. The molecule has 0 spiro atoms. The van der Waals surface area contributed by atoms with Gasteiger partial charge in [0.05, 0.1) is 10.6 Å². The SMILES string of the molecule is C=CCN1C(=O)C(=Cc2ccn(-c3cccc([N+](=O)[O-])c3)c2)C(=O)NC1=S. The zero-order valence-corrected chi connectivity index (χ0v) is 14.8. The normalized spacial score (nSPS) is 15.8. The Morgan fingerprint density at radius 3 is 2.78 bits per heavy atom. The van der Waals surface area contributed by atoms with Crippen LogP contribution in [0.5, 0.6) is 0 Å². The van der Waals surface area contributed by atoms with Crippen molar-refractivity contribution in [2.24, 2.45) is 0 Å². The van der Waals surface area contributed by atoms with Crippen LogP contribution in [0.15, 0.2) is 61.0 Å². The molecular formula is C18H14N4O4S.